The van der Waals surface area contributed by atoms with Crippen LogP contribution in [0.15, 0.2) is 0 Å². The first-order valence-electron chi connectivity index (χ1n) is 4.00. The van der Waals surface area contributed by atoms with Gasteiger partial charge in [-0.3, -0.25) is 0 Å². The molecule has 0 aromatic heterocycles. The fourth-order valence-electron chi connectivity index (χ4n) is 1.95. The standard InChI is InChI=1S/C8H13Cl/c9-8-4-3-7(5-8)6-1-2-6/h6-8H,1-5H2. The minimum Gasteiger partial charge on any atom is -0.123 e. The molecule has 0 bridgehead atoms. The molecule has 0 aliphatic heterocycles. The molecule has 1 heteroatoms. The first-order valence-corrected chi connectivity index (χ1v) is 4.44. The molecule has 2 aliphatic carbocycles. The van der Waals surface area contributed by atoms with Crippen LogP contribution < -0.4 is 0 Å². The van der Waals surface area contributed by atoms with Gasteiger partial charge in [-0.15, -0.1) is 11.6 Å². The molecule has 2 aliphatic rings. The molecule has 0 N–H and O–H groups in total. The zero-order valence-electron chi connectivity index (χ0n) is 5.65. The highest BCUT2D eigenvalue weighted by molar-refractivity contribution is 6.20. The van der Waals surface area contributed by atoms with Gasteiger partial charge >= 0.3 is 0 Å². The predicted octanol–water partition coefficient (Wildman–Crippen LogP) is 2.80. The monoisotopic (exact) mass is 144 g/mol. The maximum atomic E-state index is 5.98. The minimum absolute atomic E-state index is 0.524. The average Bonchev–Trinajstić information content (AvgIpc) is 2.58. The number of halogens is 1. The largest absolute Gasteiger partial charge is 0.123 e. The van der Waals surface area contributed by atoms with Crippen LogP contribution in [0, 0.1) is 11.8 Å². The van der Waals surface area contributed by atoms with Gasteiger partial charge in [0.1, 0.15) is 0 Å². The van der Waals surface area contributed by atoms with Crippen molar-refractivity contribution in [3.8, 4) is 0 Å². The summed E-state index contributed by atoms with van der Waals surface area (Å²) >= 11 is 5.98. The second kappa shape index (κ2) is 2.16. The van der Waals surface area contributed by atoms with E-state index < -0.39 is 0 Å². The van der Waals surface area contributed by atoms with E-state index in [2.05, 4.69) is 0 Å². The van der Waals surface area contributed by atoms with Crippen molar-refractivity contribution >= 4 is 11.6 Å². The molecule has 2 rings (SSSR count). The van der Waals surface area contributed by atoms with Crippen LogP contribution in [0.2, 0.25) is 0 Å². The molecular formula is C8H13Cl. The van der Waals surface area contributed by atoms with Gasteiger partial charge in [0, 0.05) is 5.38 Å². The van der Waals surface area contributed by atoms with Gasteiger partial charge in [0.2, 0.25) is 0 Å². The molecule has 0 spiro atoms. The Hall–Kier alpha value is 0.290. The Bertz CT molecular complexity index is 107. The van der Waals surface area contributed by atoms with Crippen LogP contribution in [0.5, 0.6) is 0 Å². The normalized spacial score (nSPS) is 43.7. The lowest BCUT2D eigenvalue weighted by molar-refractivity contribution is 0.480. The highest BCUT2D eigenvalue weighted by Crippen LogP contribution is 2.46. The van der Waals surface area contributed by atoms with Gasteiger partial charge in [-0.25, -0.2) is 0 Å². The van der Waals surface area contributed by atoms with E-state index in [1.54, 1.807) is 0 Å². The van der Waals surface area contributed by atoms with Crippen LogP contribution in [0.4, 0.5) is 0 Å². The minimum atomic E-state index is 0.524. The summed E-state index contributed by atoms with van der Waals surface area (Å²) < 4.78 is 0. The summed E-state index contributed by atoms with van der Waals surface area (Å²) in [6.07, 6.45) is 7.00. The van der Waals surface area contributed by atoms with Crippen LogP contribution >= 0.6 is 11.6 Å². The summed E-state index contributed by atoms with van der Waals surface area (Å²) in [6.45, 7) is 0. The van der Waals surface area contributed by atoms with Gasteiger partial charge in [-0.05, 0) is 43.9 Å². The third-order valence-corrected chi connectivity index (χ3v) is 3.09. The smallest absolute Gasteiger partial charge is 0.0338 e. The Labute approximate surface area is 61.6 Å². The van der Waals surface area contributed by atoms with E-state index in [0.29, 0.717) is 5.38 Å². The number of hydrogen-bond donors (Lipinski definition) is 0. The van der Waals surface area contributed by atoms with Crippen LogP contribution in [0.3, 0.4) is 0 Å². The summed E-state index contributed by atoms with van der Waals surface area (Å²) in [5, 5.41) is 0.524. The molecule has 0 saturated heterocycles. The van der Waals surface area contributed by atoms with Crippen molar-refractivity contribution in [3.05, 3.63) is 0 Å². The van der Waals surface area contributed by atoms with Crippen molar-refractivity contribution in [3.63, 3.8) is 0 Å². The lowest BCUT2D eigenvalue weighted by Crippen LogP contribution is -1.96. The first-order chi connectivity index (χ1) is 4.36. The van der Waals surface area contributed by atoms with Gasteiger partial charge in [0.25, 0.3) is 0 Å². The summed E-state index contributed by atoms with van der Waals surface area (Å²) in [7, 11) is 0. The van der Waals surface area contributed by atoms with Crippen molar-refractivity contribution in [1.29, 1.82) is 0 Å². The fourth-order valence-corrected chi connectivity index (χ4v) is 2.31. The molecule has 2 fully saturated rings. The van der Waals surface area contributed by atoms with Crippen molar-refractivity contribution in [2.45, 2.75) is 37.5 Å². The van der Waals surface area contributed by atoms with Crippen molar-refractivity contribution < 1.29 is 0 Å². The zero-order valence-corrected chi connectivity index (χ0v) is 6.40. The highest BCUT2D eigenvalue weighted by Gasteiger charge is 2.35. The molecule has 0 nitrogen and oxygen atoms in total. The summed E-state index contributed by atoms with van der Waals surface area (Å²) in [4.78, 5) is 0. The maximum Gasteiger partial charge on any atom is 0.0338 e. The second-order valence-corrected chi connectivity index (χ2v) is 4.13. The Kier molecular flexibility index (Phi) is 1.45. The van der Waals surface area contributed by atoms with Gasteiger partial charge in [-0.2, -0.15) is 0 Å². The molecule has 2 atom stereocenters. The zero-order chi connectivity index (χ0) is 6.27. The van der Waals surface area contributed by atoms with Crippen molar-refractivity contribution in [1.82, 2.24) is 0 Å². The Morgan fingerprint density at radius 1 is 0.889 bits per heavy atom. The number of alkyl halides is 1. The van der Waals surface area contributed by atoms with Crippen LogP contribution in [0.25, 0.3) is 0 Å². The average molecular weight is 145 g/mol. The van der Waals surface area contributed by atoms with E-state index in [1.807, 2.05) is 0 Å². The summed E-state index contributed by atoms with van der Waals surface area (Å²) in [5.41, 5.74) is 0. The summed E-state index contributed by atoms with van der Waals surface area (Å²) in [5.74, 6) is 2.11. The van der Waals surface area contributed by atoms with E-state index >= 15 is 0 Å². The van der Waals surface area contributed by atoms with E-state index in [0.717, 1.165) is 11.8 Å². The molecule has 0 aromatic rings. The predicted molar refractivity (Wildman–Crippen MR) is 39.7 cm³/mol. The van der Waals surface area contributed by atoms with E-state index in [4.69, 9.17) is 11.6 Å². The van der Waals surface area contributed by atoms with Gasteiger partial charge in [-0.1, -0.05) is 0 Å². The highest BCUT2D eigenvalue weighted by atomic mass is 35.5. The van der Waals surface area contributed by atoms with Crippen LogP contribution in [-0.2, 0) is 0 Å². The first kappa shape index (κ1) is 6.03. The van der Waals surface area contributed by atoms with Gasteiger partial charge in [0.15, 0.2) is 0 Å². The summed E-state index contributed by atoms with van der Waals surface area (Å²) in [6, 6.07) is 0. The molecule has 0 aromatic carbocycles. The molecule has 2 saturated carbocycles. The van der Waals surface area contributed by atoms with Crippen molar-refractivity contribution in [2.75, 3.05) is 0 Å². The fraction of sp³-hybridized carbons (Fsp3) is 1.00. The molecule has 0 heterocycles. The van der Waals surface area contributed by atoms with E-state index in [1.165, 1.54) is 32.1 Å². The quantitative estimate of drug-likeness (QED) is 0.497. The van der Waals surface area contributed by atoms with Gasteiger partial charge in [0.05, 0.1) is 0 Å². The maximum absolute atomic E-state index is 5.98. The second-order valence-electron chi connectivity index (χ2n) is 3.51. The van der Waals surface area contributed by atoms with Crippen LogP contribution in [0.1, 0.15) is 32.1 Å². The molecule has 0 amide bonds. The molecule has 2 unspecified atom stereocenters. The lowest BCUT2D eigenvalue weighted by atomic mass is 10.0. The van der Waals surface area contributed by atoms with Crippen molar-refractivity contribution in [2.24, 2.45) is 11.8 Å². The lowest BCUT2D eigenvalue weighted by Gasteiger charge is -2.03. The Morgan fingerprint density at radius 2 is 1.56 bits per heavy atom. The molecule has 0 radical (unpaired) electrons. The number of rotatable bonds is 1. The van der Waals surface area contributed by atoms with Gasteiger partial charge < -0.3 is 0 Å². The topological polar surface area (TPSA) is 0 Å². The SMILES string of the molecule is ClC1CCC(C2CC2)C1. The van der Waals surface area contributed by atoms with Crippen LogP contribution in [-0.4, -0.2) is 5.38 Å². The third-order valence-electron chi connectivity index (χ3n) is 2.70. The van der Waals surface area contributed by atoms with E-state index in [-0.39, 0.29) is 0 Å². The Morgan fingerprint density at radius 3 is 2.00 bits per heavy atom. The molecule has 9 heavy (non-hydrogen) atoms. The molecular weight excluding hydrogens is 132 g/mol. The molecule has 52 valence electrons. The Balaban J connectivity index is 1.86. The van der Waals surface area contributed by atoms with E-state index in [9.17, 15) is 0 Å². The third kappa shape index (κ3) is 1.24. The number of hydrogen-bond acceptors (Lipinski definition) is 0.